The van der Waals surface area contributed by atoms with Crippen molar-refractivity contribution in [2.24, 2.45) is 10.7 Å². The lowest BCUT2D eigenvalue weighted by Crippen LogP contribution is -2.21. The number of nitrogens with two attached hydrogens (primary N) is 1. The summed E-state index contributed by atoms with van der Waals surface area (Å²) in [7, 11) is 0. The fourth-order valence-electron chi connectivity index (χ4n) is 0.450. The van der Waals surface area contributed by atoms with Gasteiger partial charge in [0.1, 0.15) is 12.5 Å². The van der Waals surface area contributed by atoms with Crippen LogP contribution in [-0.2, 0) is 5.21 Å². The molecule has 0 bridgehead atoms. The summed E-state index contributed by atoms with van der Waals surface area (Å²) in [6.07, 6.45) is 0. The van der Waals surface area contributed by atoms with Gasteiger partial charge < -0.3 is 5.73 Å². The van der Waals surface area contributed by atoms with Crippen molar-refractivity contribution in [2.45, 2.75) is 0 Å². The van der Waals surface area contributed by atoms with Crippen LogP contribution in [0.1, 0.15) is 0 Å². The molecule has 0 fully saturated rings. The van der Waals surface area contributed by atoms with Gasteiger partial charge in [-0.15, -0.1) is 10.3 Å². The molecule has 2 N–H and O–H groups in total. The van der Waals surface area contributed by atoms with Crippen molar-refractivity contribution in [3.63, 3.8) is 0 Å². The summed E-state index contributed by atoms with van der Waals surface area (Å²) in [6.45, 7) is 0.492. The molecule has 1 aliphatic rings. The second kappa shape index (κ2) is 1.48. The number of aliphatic imine (C=N–C) groups is 1. The van der Waals surface area contributed by atoms with Crippen LogP contribution in [0.25, 0.3) is 0 Å². The molecule has 0 saturated carbocycles. The van der Waals surface area contributed by atoms with E-state index in [4.69, 9.17) is 5.73 Å². The molecule has 0 aromatic heterocycles. The van der Waals surface area contributed by atoms with Crippen molar-refractivity contribution >= 4 is 5.84 Å². The Morgan fingerprint density at radius 2 is 2.57 bits per heavy atom. The quantitative estimate of drug-likeness (QED) is 0.422. The van der Waals surface area contributed by atoms with Gasteiger partial charge in [0.25, 0.3) is 0 Å². The second-order valence-electron chi connectivity index (χ2n) is 1.43. The van der Waals surface area contributed by atoms with E-state index in [1.165, 1.54) is 0 Å². The van der Waals surface area contributed by atoms with Crippen LogP contribution in [0.2, 0.25) is 0 Å². The first-order chi connectivity index (χ1) is 3.29. The zero-order valence-electron chi connectivity index (χ0n) is 3.79. The van der Waals surface area contributed by atoms with Crippen molar-refractivity contribution in [3.05, 3.63) is 0 Å². The highest BCUT2D eigenvalue weighted by Crippen LogP contribution is 1.90. The molecule has 4 nitrogen and oxygen atoms in total. The number of hydrogen-bond acceptors (Lipinski definition) is 3. The van der Waals surface area contributed by atoms with Crippen molar-refractivity contribution in [1.82, 2.24) is 5.06 Å². The molecule has 0 amide bonds. The smallest absolute Gasteiger partial charge is 0.120 e. The zero-order chi connectivity index (χ0) is 5.28. The van der Waals surface area contributed by atoms with Crippen molar-refractivity contribution in [1.29, 1.82) is 0 Å². The standard InChI is InChI=1S/C3H6N3O/c4-3-1-6(7)2-5-3/h1-2H2,(H2,4,5). The molecule has 0 atom stereocenters. The Labute approximate surface area is 41.2 Å². The third kappa shape index (κ3) is 0.880. The lowest BCUT2D eigenvalue weighted by molar-refractivity contribution is -0.135. The van der Waals surface area contributed by atoms with Gasteiger partial charge in [-0.05, 0) is 0 Å². The second-order valence-corrected chi connectivity index (χ2v) is 1.43. The summed E-state index contributed by atoms with van der Waals surface area (Å²) in [5.41, 5.74) is 5.13. The normalized spacial score (nSPS) is 22.7. The largest absolute Gasteiger partial charge is 0.386 e. The van der Waals surface area contributed by atoms with Gasteiger partial charge in [0, 0.05) is 0 Å². The Hall–Kier alpha value is -0.610. The Kier molecular flexibility index (Phi) is 0.958. The number of hydroxylamine groups is 2. The summed E-state index contributed by atoms with van der Waals surface area (Å²) in [5.74, 6) is 0.440. The van der Waals surface area contributed by atoms with Crippen molar-refractivity contribution < 1.29 is 5.21 Å². The molecule has 1 heterocycles. The highest BCUT2D eigenvalue weighted by atomic mass is 16.5. The topological polar surface area (TPSA) is 61.5 Å². The van der Waals surface area contributed by atoms with Crippen LogP contribution in [0, 0.1) is 0 Å². The summed E-state index contributed by atoms with van der Waals surface area (Å²) < 4.78 is 0. The predicted octanol–water partition coefficient (Wildman–Crippen LogP) is -1.04. The number of hydrogen-bond donors (Lipinski definition) is 1. The Bertz CT molecular complexity index is 100. The summed E-state index contributed by atoms with van der Waals surface area (Å²) >= 11 is 0. The summed E-state index contributed by atoms with van der Waals surface area (Å²) in [5, 5.41) is 11.0. The lowest BCUT2D eigenvalue weighted by Gasteiger charge is -1.94. The number of nitrogens with zero attached hydrogens (tertiary/aromatic N) is 2. The molecular weight excluding hydrogens is 94.1 g/mol. The Morgan fingerprint density at radius 1 is 1.86 bits per heavy atom. The minimum absolute atomic E-state index is 0.214. The van der Waals surface area contributed by atoms with E-state index in [1.807, 2.05) is 0 Å². The zero-order valence-corrected chi connectivity index (χ0v) is 3.79. The third-order valence-electron chi connectivity index (χ3n) is 0.770. The van der Waals surface area contributed by atoms with E-state index in [1.54, 1.807) is 0 Å². The van der Waals surface area contributed by atoms with Crippen LogP contribution in [0.5, 0.6) is 0 Å². The fourth-order valence-corrected chi connectivity index (χ4v) is 0.450. The monoisotopic (exact) mass is 100 g/mol. The van der Waals surface area contributed by atoms with Gasteiger partial charge >= 0.3 is 0 Å². The average Bonchev–Trinajstić information content (AvgIpc) is 1.87. The molecule has 0 aromatic rings. The number of amidine groups is 1. The minimum Gasteiger partial charge on any atom is -0.386 e. The molecule has 0 saturated heterocycles. The molecule has 4 heteroatoms. The van der Waals surface area contributed by atoms with Crippen LogP contribution in [0.15, 0.2) is 4.99 Å². The fraction of sp³-hybridized carbons (Fsp3) is 0.667. The first kappa shape index (κ1) is 4.55. The van der Waals surface area contributed by atoms with Gasteiger partial charge in [-0.25, -0.2) is 0 Å². The van der Waals surface area contributed by atoms with E-state index in [-0.39, 0.29) is 13.2 Å². The predicted molar refractivity (Wildman–Crippen MR) is 23.9 cm³/mol. The lowest BCUT2D eigenvalue weighted by atomic mass is 10.6. The summed E-state index contributed by atoms with van der Waals surface area (Å²) in [4.78, 5) is 3.62. The average molecular weight is 100 g/mol. The van der Waals surface area contributed by atoms with E-state index >= 15 is 0 Å². The maximum atomic E-state index is 10.2. The van der Waals surface area contributed by atoms with Crippen LogP contribution >= 0.6 is 0 Å². The van der Waals surface area contributed by atoms with Crippen LogP contribution < -0.4 is 5.73 Å². The SMILES string of the molecule is NC1=NCN([O])C1. The van der Waals surface area contributed by atoms with Crippen molar-refractivity contribution in [2.75, 3.05) is 13.2 Å². The molecule has 0 unspecified atom stereocenters. The minimum atomic E-state index is 0.214. The molecule has 1 aliphatic heterocycles. The summed E-state index contributed by atoms with van der Waals surface area (Å²) in [6, 6.07) is 0. The first-order valence-corrected chi connectivity index (χ1v) is 2.00. The van der Waals surface area contributed by atoms with Gasteiger partial charge in [0.15, 0.2) is 0 Å². The van der Waals surface area contributed by atoms with Gasteiger partial charge in [-0.2, -0.15) is 0 Å². The Balaban J connectivity index is 2.42. The van der Waals surface area contributed by atoms with Gasteiger partial charge in [-0.1, -0.05) is 0 Å². The van der Waals surface area contributed by atoms with Crippen LogP contribution in [0.4, 0.5) is 0 Å². The molecule has 0 spiro atoms. The molecule has 39 valence electrons. The van der Waals surface area contributed by atoms with Crippen molar-refractivity contribution in [3.8, 4) is 0 Å². The van der Waals surface area contributed by atoms with Crippen LogP contribution in [-0.4, -0.2) is 24.1 Å². The highest BCUT2D eigenvalue weighted by molar-refractivity contribution is 5.83. The van der Waals surface area contributed by atoms with Gasteiger partial charge in [0.05, 0.1) is 6.54 Å². The maximum Gasteiger partial charge on any atom is 0.120 e. The van der Waals surface area contributed by atoms with E-state index in [0.29, 0.717) is 5.84 Å². The molecular formula is C3H6N3O. The van der Waals surface area contributed by atoms with E-state index in [2.05, 4.69) is 4.99 Å². The molecule has 1 radical (unpaired) electrons. The molecule has 0 aliphatic carbocycles. The Morgan fingerprint density at radius 3 is 2.71 bits per heavy atom. The molecule has 0 aromatic carbocycles. The van der Waals surface area contributed by atoms with Gasteiger partial charge in [0.2, 0.25) is 0 Å². The van der Waals surface area contributed by atoms with Crippen LogP contribution in [0.3, 0.4) is 0 Å². The molecule has 1 rings (SSSR count). The van der Waals surface area contributed by atoms with E-state index < -0.39 is 0 Å². The van der Waals surface area contributed by atoms with E-state index in [0.717, 1.165) is 5.06 Å². The third-order valence-corrected chi connectivity index (χ3v) is 0.770. The maximum absolute atomic E-state index is 10.2. The number of rotatable bonds is 0. The highest BCUT2D eigenvalue weighted by Gasteiger charge is 2.09. The first-order valence-electron chi connectivity index (χ1n) is 2.00. The molecule has 7 heavy (non-hydrogen) atoms. The van der Waals surface area contributed by atoms with Gasteiger partial charge in [-0.3, -0.25) is 4.99 Å². The van der Waals surface area contributed by atoms with E-state index in [9.17, 15) is 5.21 Å².